The Morgan fingerprint density at radius 1 is 1.47 bits per heavy atom. The van der Waals surface area contributed by atoms with Crippen LogP contribution < -0.4 is 5.32 Å². The van der Waals surface area contributed by atoms with Crippen LogP contribution >= 0.6 is 0 Å². The van der Waals surface area contributed by atoms with Crippen molar-refractivity contribution in [3.8, 4) is 0 Å². The highest BCUT2D eigenvalue weighted by molar-refractivity contribution is 5.80. The van der Waals surface area contributed by atoms with Crippen molar-refractivity contribution < 1.29 is 4.79 Å². The minimum Gasteiger partial charge on any atom is -0.304 e. The first-order valence-corrected chi connectivity index (χ1v) is 5.82. The molecular formula is C12H24N2O. The molecule has 0 saturated carbocycles. The van der Waals surface area contributed by atoms with Crippen LogP contribution in [0.3, 0.4) is 0 Å². The van der Waals surface area contributed by atoms with Crippen LogP contribution in [0.15, 0.2) is 0 Å². The number of hydrogen-bond donors (Lipinski definition) is 1. The Hall–Kier alpha value is -0.410. The van der Waals surface area contributed by atoms with Gasteiger partial charge < -0.3 is 5.32 Å². The standard InChI is InChI=1S/C12H24N2O/c1-9(10(2)15)13-11-6-7-14(8-11)12(3,4)5/h9,11,13H,6-8H2,1-5H3. The Bertz CT molecular complexity index is 232. The maximum Gasteiger partial charge on any atom is 0.146 e. The molecule has 0 aromatic carbocycles. The topological polar surface area (TPSA) is 32.3 Å². The normalized spacial score (nSPS) is 25.5. The third kappa shape index (κ3) is 3.58. The second-order valence-corrected chi connectivity index (χ2v) is 5.60. The molecule has 1 fully saturated rings. The van der Waals surface area contributed by atoms with Crippen LogP contribution in [0.2, 0.25) is 0 Å². The van der Waals surface area contributed by atoms with Gasteiger partial charge in [-0.3, -0.25) is 9.69 Å². The van der Waals surface area contributed by atoms with Gasteiger partial charge in [0.05, 0.1) is 6.04 Å². The van der Waals surface area contributed by atoms with Crippen LogP contribution in [0.4, 0.5) is 0 Å². The van der Waals surface area contributed by atoms with E-state index in [1.807, 2.05) is 6.92 Å². The lowest BCUT2D eigenvalue weighted by Gasteiger charge is -2.32. The minimum atomic E-state index is -0.00471. The number of nitrogens with zero attached hydrogens (tertiary/aromatic N) is 1. The Labute approximate surface area is 93.2 Å². The summed E-state index contributed by atoms with van der Waals surface area (Å²) in [5, 5.41) is 3.39. The van der Waals surface area contributed by atoms with Crippen LogP contribution in [0.5, 0.6) is 0 Å². The number of carbonyl (C=O) groups excluding carboxylic acids is 1. The smallest absolute Gasteiger partial charge is 0.146 e. The van der Waals surface area contributed by atoms with Gasteiger partial charge in [-0.1, -0.05) is 0 Å². The maximum absolute atomic E-state index is 11.1. The molecule has 2 atom stereocenters. The van der Waals surface area contributed by atoms with Gasteiger partial charge in [0.15, 0.2) is 0 Å². The van der Waals surface area contributed by atoms with Crippen molar-refractivity contribution in [3.63, 3.8) is 0 Å². The van der Waals surface area contributed by atoms with E-state index in [4.69, 9.17) is 0 Å². The highest BCUT2D eigenvalue weighted by Crippen LogP contribution is 2.20. The van der Waals surface area contributed by atoms with Crippen molar-refractivity contribution in [2.45, 2.75) is 58.7 Å². The summed E-state index contributed by atoms with van der Waals surface area (Å²) in [5.74, 6) is 0.226. The van der Waals surface area contributed by atoms with E-state index in [0.717, 1.165) is 19.5 Å². The summed E-state index contributed by atoms with van der Waals surface area (Å²) in [6.45, 7) is 12.5. The first-order valence-electron chi connectivity index (χ1n) is 5.82. The van der Waals surface area contributed by atoms with Gasteiger partial charge in [0, 0.05) is 24.7 Å². The molecule has 1 aliphatic rings. The van der Waals surface area contributed by atoms with Gasteiger partial charge in [0.2, 0.25) is 0 Å². The van der Waals surface area contributed by atoms with Crippen molar-refractivity contribution in [3.05, 3.63) is 0 Å². The van der Waals surface area contributed by atoms with Crippen molar-refractivity contribution in [1.82, 2.24) is 10.2 Å². The summed E-state index contributed by atoms with van der Waals surface area (Å²) in [6.07, 6.45) is 1.15. The largest absolute Gasteiger partial charge is 0.304 e. The Morgan fingerprint density at radius 3 is 2.47 bits per heavy atom. The van der Waals surface area contributed by atoms with Gasteiger partial charge in [-0.15, -0.1) is 0 Å². The van der Waals surface area contributed by atoms with Crippen LogP contribution in [0.1, 0.15) is 41.0 Å². The van der Waals surface area contributed by atoms with E-state index in [0.29, 0.717) is 6.04 Å². The molecule has 0 aromatic heterocycles. The van der Waals surface area contributed by atoms with E-state index < -0.39 is 0 Å². The van der Waals surface area contributed by atoms with Gasteiger partial charge in [-0.05, 0) is 41.0 Å². The van der Waals surface area contributed by atoms with Crippen LogP contribution in [0, 0.1) is 0 Å². The zero-order valence-electron chi connectivity index (χ0n) is 10.6. The molecule has 1 rings (SSSR count). The lowest BCUT2D eigenvalue weighted by Crippen LogP contribution is -2.45. The zero-order chi connectivity index (χ0) is 11.6. The van der Waals surface area contributed by atoms with Crippen LogP contribution in [0.25, 0.3) is 0 Å². The number of nitrogens with one attached hydrogen (secondary N) is 1. The first-order chi connectivity index (χ1) is 6.80. The molecule has 3 heteroatoms. The summed E-state index contributed by atoms with van der Waals surface area (Å²) in [7, 11) is 0. The molecule has 0 bridgehead atoms. The maximum atomic E-state index is 11.1. The summed E-state index contributed by atoms with van der Waals surface area (Å²) in [4.78, 5) is 13.6. The fourth-order valence-corrected chi connectivity index (χ4v) is 1.98. The number of rotatable bonds is 3. The number of ketones is 1. The first kappa shape index (κ1) is 12.7. The molecule has 15 heavy (non-hydrogen) atoms. The second-order valence-electron chi connectivity index (χ2n) is 5.60. The van der Waals surface area contributed by atoms with E-state index in [-0.39, 0.29) is 17.4 Å². The third-order valence-corrected chi connectivity index (χ3v) is 3.23. The Morgan fingerprint density at radius 2 is 2.07 bits per heavy atom. The zero-order valence-corrected chi connectivity index (χ0v) is 10.6. The van der Waals surface area contributed by atoms with E-state index in [2.05, 4.69) is 31.0 Å². The minimum absolute atomic E-state index is 0.00471. The second kappa shape index (κ2) is 4.62. The van der Waals surface area contributed by atoms with Crippen molar-refractivity contribution in [1.29, 1.82) is 0 Å². The SMILES string of the molecule is CC(=O)C(C)NC1CCN(C(C)(C)C)C1. The van der Waals surface area contributed by atoms with Gasteiger partial charge in [-0.25, -0.2) is 0 Å². The predicted molar refractivity (Wildman–Crippen MR) is 63.0 cm³/mol. The Balaban J connectivity index is 2.40. The summed E-state index contributed by atoms with van der Waals surface area (Å²) in [6, 6.07) is 0.470. The monoisotopic (exact) mass is 212 g/mol. The van der Waals surface area contributed by atoms with Gasteiger partial charge in [0.1, 0.15) is 5.78 Å². The summed E-state index contributed by atoms with van der Waals surface area (Å²) in [5.41, 5.74) is 0.246. The van der Waals surface area contributed by atoms with E-state index in [1.54, 1.807) is 6.92 Å². The third-order valence-electron chi connectivity index (χ3n) is 3.23. The van der Waals surface area contributed by atoms with Gasteiger partial charge in [-0.2, -0.15) is 0 Å². The molecule has 88 valence electrons. The molecule has 1 heterocycles. The van der Waals surface area contributed by atoms with Gasteiger partial charge in [0.25, 0.3) is 0 Å². The molecule has 0 amide bonds. The molecule has 2 unspecified atom stereocenters. The predicted octanol–water partition coefficient (Wildman–Crippen LogP) is 1.43. The van der Waals surface area contributed by atoms with E-state index >= 15 is 0 Å². The van der Waals surface area contributed by atoms with E-state index in [9.17, 15) is 4.79 Å². The number of Topliss-reactive ketones (excluding diaryl/α,β-unsaturated/α-hetero) is 1. The van der Waals surface area contributed by atoms with Crippen LogP contribution in [-0.2, 0) is 4.79 Å². The van der Waals surface area contributed by atoms with Crippen LogP contribution in [-0.4, -0.2) is 41.4 Å². The lowest BCUT2D eigenvalue weighted by atomic mass is 10.1. The Kier molecular flexibility index (Phi) is 3.90. The van der Waals surface area contributed by atoms with Gasteiger partial charge >= 0.3 is 0 Å². The summed E-state index contributed by atoms with van der Waals surface area (Å²) < 4.78 is 0. The van der Waals surface area contributed by atoms with Crippen molar-refractivity contribution in [2.24, 2.45) is 0 Å². The highest BCUT2D eigenvalue weighted by Gasteiger charge is 2.30. The number of carbonyl (C=O) groups is 1. The quantitative estimate of drug-likeness (QED) is 0.768. The molecule has 1 N–H and O–H groups in total. The molecule has 0 radical (unpaired) electrons. The molecule has 1 aliphatic heterocycles. The number of likely N-dealkylation sites (tertiary alicyclic amines) is 1. The number of hydrogen-bond acceptors (Lipinski definition) is 3. The summed E-state index contributed by atoms with van der Waals surface area (Å²) >= 11 is 0. The lowest BCUT2D eigenvalue weighted by molar-refractivity contribution is -0.118. The fourth-order valence-electron chi connectivity index (χ4n) is 1.98. The average molecular weight is 212 g/mol. The highest BCUT2D eigenvalue weighted by atomic mass is 16.1. The molecular weight excluding hydrogens is 188 g/mol. The molecule has 0 spiro atoms. The molecule has 1 saturated heterocycles. The fraction of sp³-hybridized carbons (Fsp3) is 0.917. The average Bonchev–Trinajstić information content (AvgIpc) is 2.51. The van der Waals surface area contributed by atoms with E-state index in [1.165, 1.54) is 0 Å². The van der Waals surface area contributed by atoms with Crippen molar-refractivity contribution in [2.75, 3.05) is 13.1 Å². The molecule has 0 aliphatic carbocycles. The molecule has 3 nitrogen and oxygen atoms in total. The molecule has 0 aromatic rings. The van der Waals surface area contributed by atoms with Crippen molar-refractivity contribution >= 4 is 5.78 Å².